The predicted molar refractivity (Wildman–Crippen MR) is 76.9 cm³/mol. The van der Waals surface area contributed by atoms with E-state index in [-0.39, 0.29) is 24.1 Å². The number of morpholine rings is 1. The third-order valence-electron chi connectivity index (χ3n) is 4.51. The average Bonchev–Trinajstić information content (AvgIpc) is 3.18. The van der Waals surface area contributed by atoms with E-state index < -0.39 is 5.60 Å². The summed E-state index contributed by atoms with van der Waals surface area (Å²) in [6.07, 6.45) is 3.29. The summed E-state index contributed by atoms with van der Waals surface area (Å²) < 4.78 is 11.1. The van der Waals surface area contributed by atoms with Crippen molar-refractivity contribution in [1.29, 1.82) is 0 Å². The molecule has 2 bridgehead atoms. The van der Waals surface area contributed by atoms with E-state index in [1.165, 1.54) is 0 Å². The number of piperidine rings is 1. The van der Waals surface area contributed by atoms with Gasteiger partial charge in [-0.15, -0.1) is 0 Å². The second-order valence-corrected chi connectivity index (χ2v) is 7.58. The second kappa shape index (κ2) is 5.27. The lowest BCUT2D eigenvalue weighted by atomic mass is 9.81. The number of ether oxygens (including phenoxy) is 2. The standard InChI is InChI=1S/C16H25NO4/c1-16(2,3)21-15(19)17-12-6-11(14(18)10-4-5-10)7-13(17)9-20-8-12/h10-13H,4-9H2,1-3H3. The number of hydrogen-bond acceptors (Lipinski definition) is 4. The number of carbonyl (C=O) groups excluding carboxylic acids is 2. The van der Waals surface area contributed by atoms with Crippen molar-refractivity contribution in [2.45, 2.75) is 64.1 Å². The topological polar surface area (TPSA) is 55.8 Å². The summed E-state index contributed by atoms with van der Waals surface area (Å²) in [6, 6.07) is -0.0277. The van der Waals surface area contributed by atoms with Gasteiger partial charge in [-0.1, -0.05) is 0 Å². The Morgan fingerprint density at radius 2 is 1.62 bits per heavy atom. The van der Waals surface area contributed by atoms with Gasteiger partial charge in [0.15, 0.2) is 0 Å². The molecule has 118 valence electrons. The normalized spacial score (nSPS) is 32.7. The summed E-state index contributed by atoms with van der Waals surface area (Å²) in [6.45, 7) is 6.66. The molecular weight excluding hydrogens is 270 g/mol. The molecule has 0 aromatic heterocycles. The van der Waals surface area contributed by atoms with Crippen molar-refractivity contribution in [3.8, 4) is 0 Å². The molecule has 1 amide bonds. The molecule has 2 aliphatic heterocycles. The number of nitrogens with zero attached hydrogens (tertiary/aromatic N) is 1. The Bertz CT molecular complexity index is 424. The van der Waals surface area contributed by atoms with Gasteiger partial charge in [0.05, 0.1) is 25.3 Å². The van der Waals surface area contributed by atoms with Gasteiger partial charge in [0.2, 0.25) is 0 Å². The molecule has 0 N–H and O–H groups in total. The molecular formula is C16H25NO4. The molecule has 1 saturated carbocycles. The van der Waals surface area contributed by atoms with Gasteiger partial charge >= 0.3 is 6.09 Å². The van der Waals surface area contributed by atoms with Crippen molar-refractivity contribution in [2.24, 2.45) is 11.8 Å². The predicted octanol–water partition coefficient (Wildman–Crippen LogP) is 2.38. The number of Topliss-reactive ketones (excluding diaryl/α,β-unsaturated/α-hetero) is 1. The van der Waals surface area contributed by atoms with Gasteiger partial charge in [0, 0.05) is 11.8 Å². The largest absolute Gasteiger partial charge is 0.444 e. The molecule has 1 aliphatic carbocycles. The summed E-state index contributed by atoms with van der Waals surface area (Å²) >= 11 is 0. The molecule has 3 rings (SSSR count). The van der Waals surface area contributed by atoms with Crippen LogP contribution in [0.25, 0.3) is 0 Å². The van der Waals surface area contributed by atoms with E-state index in [0.29, 0.717) is 24.9 Å². The summed E-state index contributed by atoms with van der Waals surface area (Å²) in [5, 5.41) is 0. The van der Waals surface area contributed by atoms with Crippen molar-refractivity contribution in [3.05, 3.63) is 0 Å². The highest BCUT2D eigenvalue weighted by atomic mass is 16.6. The monoisotopic (exact) mass is 295 g/mol. The van der Waals surface area contributed by atoms with Crippen molar-refractivity contribution >= 4 is 11.9 Å². The van der Waals surface area contributed by atoms with Gasteiger partial charge in [-0.2, -0.15) is 0 Å². The second-order valence-electron chi connectivity index (χ2n) is 7.58. The fraction of sp³-hybridized carbons (Fsp3) is 0.875. The third-order valence-corrected chi connectivity index (χ3v) is 4.51. The van der Waals surface area contributed by atoms with Crippen LogP contribution in [0.2, 0.25) is 0 Å². The van der Waals surface area contributed by atoms with Crippen LogP contribution in [0.3, 0.4) is 0 Å². The number of hydrogen-bond donors (Lipinski definition) is 0. The van der Waals surface area contributed by atoms with Crippen LogP contribution in [0.5, 0.6) is 0 Å². The number of amides is 1. The number of carbonyl (C=O) groups is 2. The maximum Gasteiger partial charge on any atom is 0.410 e. The lowest BCUT2D eigenvalue weighted by Gasteiger charge is -2.47. The van der Waals surface area contributed by atoms with Crippen molar-refractivity contribution in [2.75, 3.05) is 13.2 Å². The minimum atomic E-state index is -0.493. The SMILES string of the molecule is CC(C)(C)OC(=O)N1C2COCC1CC(C(=O)C1CC1)C2. The smallest absolute Gasteiger partial charge is 0.410 e. The number of ketones is 1. The van der Waals surface area contributed by atoms with Gasteiger partial charge in [-0.05, 0) is 46.5 Å². The summed E-state index contributed by atoms with van der Waals surface area (Å²) in [7, 11) is 0. The lowest BCUT2D eigenvalue weighted by Crippen LogP contribution is -2.60. The molecule has 3 aliphatic rings. The van der Waals surface area contributed by atoms with Gasteiger partial charge < -0.3 is 9.47 Å². The molecule has 0 spiro atoms. The molecule has 2 saturated heterocycles. The van der Waals surface area contributed by atoms with E-state index >= 15 is 0 Å². The number of rotatable bonds is 2. The zero-order chi connectivity index (χ0) is 15.2. The van der Waals surface area contributed by atoms with Gasteiger partial charge in [0.1, 0.15) is 11.4 Å². The molecule has 5 nitrogen and oxygen atoms in total. The van der Waals surface area contributed by atoms with Crippen LogP contribution in [0.4, 0.5) is 4.79 Å². The van der Waals surface area contributed by atoms with Crippen LogP contribution in [0, 0.1) is 11.8 Å². The molecule has 2 heterocycles. The Morgan fingerprint density at radius 3 is 2.10 bits per heavy atom. The molecule has 2 unspecified atom stereocenters. The van der Waals surface area contributed by atoms with Crippen LogP contribution in [-0.4, -0.2) is 47.7 Å². The molecule has 3 fully saturated rings. The maximum atomic E-state index is 12.4. The summed E-state index contributed by atoms with van der Waals surface area (Å²) in [5.41, 5.74) is -0.493. The fourth-order valence-electron chi connectivity index (χ4n) is 3.46. The van der Waals surface area contributed by atoms with Crippen LogP contribution in [0.1, 0.15) is 46.5 Å². The first-order valence-corrected chi connectivity index (χ1v) is 7.98. The Balaban J connectivity index is 1.69. The van der Waals surface area contributed by atoms with Crippen LogP contribution < -0.4 is 0 Å². The zero-order valence-corrected chi connectivity index (χ0v) is 13.1. The van der Waals surface area contributed by atoms with Gasteiger partial charge in [-0.3, -0.25) is 9.69 Å². The van der Waals surface area contributed by atoms with Crippen LogP contribution in [-0.2, 0) is 14.3 Å². The van der Waals surface area contributed by atoms with Crippen LogP contribution in [0.15, 0.2) is 0 Å². The van der Waals surface area contributed by atoms with Crippen molar-refractivity contribution in [3.63, 3.8) is 0 Å². The molecule has 0 aromatic carbocycles. The summed E-state index contributed by atoms with van der Waals surface area (Å²) in [5.74, 6) is 0.815. The fourth-order valence-corrected chi connectivity index (χ4v) is 3.46. The molecule has 5 heteroatoms. The van der Waals surface area contributed by atoms with Crippen molar-refractivity contribution < 1.29 is 19.1 Å². The minimum absolute atomic E-state index is 0.0138. The first kappa shape index (κ1) is 14.8. The highest BCUT2D eigenvalue weighted by Crippen LogP contribution is 2.39. The van der Waals surface area contributed by atoms with Crippen molar-refractivity contribution in [1.82, 2.24) is 4.90 Å². The highest BCUT2D eigenvalue weighted by molar-refractivity contribution is 5.86. The number of fused-ring (bicyclic) bond motifs is 2. The van der Waals surface area contributed by atoms with E-state index in [0.717, 1.165) is 25.7 Å². The third kappa shape index (κ3) is 3.23. The van der Waals surface area contributed by atoms with Gasteiger partial charge in [-0.25, -0.2) is 4.79 Å². The Labute approximate surface area is 126 Å². The zero-order valence-electron chi connectivity index (χ0n) is 13.1. The Kier molecular flexibility index (Phi) is 3.72. The first-order chi connectivity index (χ1) is 9.85. The maximum absolute atomic E-state index is 12.4. The highest BCUT2D eigenvalue weighted by Gasteiger charge is 2.47. The van der Waals surface area contributed by atoms with E-state index in [1.807, 2.05) is 25.7 Å². The van der Waals surface area contributed by atoms with E-state index in [2.05, 4.69) is 0 Å². The average molecular weight is 295 g/mol. The van der Waals surface area contributed by atoms with E-state index in [1.54, 1.807) is 0 Å². The first-order valence-electron chi connectivity index (χ1n) is 7.98. The Morgan fingerprint density at radius 1 is 1.05 bits per heavy atom. The van der Waals surface area contributed by atoms with Gasteiger partial charge in [0.25, 0.3) is 0 Å². The minimum Gasteiger partial charge on any atom is -0.444 e. The quantitative estimate of drug-likeness (QED) is 0.785. The van der Waals surface area contributed by atoms with E-state index in [9.17, 15) is 9.59 Å². The molecule has 2 atom stereocenters. The Hall–Kier alpha value is -1.10. The van der Waals surface area contributed by atoms with E-state index in [4.69, 9.17) is 9.47 Å². The summed E-state index contributed by atoms with van der Waals surface area (Å²) in [4.78, 5) is 26.6. The van der Waals surface area contributed by atoms with Crippen LogP contribution >= 0.6 is 0 Å². The molecule has 0 radical (unpaired) electrons. The lowest BCUT2D eigenvalue weighted by molar-refractivity contribution is -0.133. The molecule has 0 aromatic rings. The molecule has 21 heavy (non-hydrogen) atoms.